The van der Waals surface area contributed by atoms with Gasteiger partial charge in [0.05, 0.1) is 17.0 Å². The number of nitrogens with two attached hydrogens (primary N) is 2. The van der Waals surface area contributed by atoms with Gasteiger partial charge in [-0.25, -0.2) is 4.39 Å². The van der Waals surface area contributed by atoms with Gasteiger partial charge < -0.3 is 21.2 Å². The molecule has 1 aliphatic carbocycles. The monoisotopic (exact) mass is 505 g/mol. The molecule has 178 valence electrons. The number of anilines is 2. The summed E-state index contributed by atoms with van der Waals surface area (Å²) in [5, 5.41) is 2.72. The van der Waals surface area contributed by atoms with Crippen LogP contribution in [0.2, 0.25) is 5.02 Å². The van der Waals surface area contributed by atoms with Crippen molar-refractivity contribution in [2.75, 3.05) is 10.6 Å². The van der Waals surface area contributed by atoms with Crippen LogP contribution in [0.15, 0.2) is 41.0 Å². The molecule has 0 saturated heterocycles. The van der Waals surface area contributed by atoms with E-state index in [-0.39, 0.29) is 38.8 Å². The summed E-state index contributed by atoms with van der Waals surface area (Å²) in [7, 11) is 0. The number of amides is 3. The fourth-order valence-corrected chi connectivity index (χ4v) is 4.84. The van der Waals surface area contributed by atoms with Gasteiger partial charge in [0.1, 0.15) is 16.5 Å². The number of benzene rings is 1. The average Bonchev–Trinajstić information content (AvgIpc) is 3.56. The zero-order valence-electron chi connectivity index (χ0n) is 17.8. The van der Waals surface area contributed by atoms with Crippen molar-refractivity contribution in [2.24, 2.45) is 5.73 Å². The van der Waals surface area contributed by atoms with Gasteiger partial charge in [-0.1, -0.05) is 24.4 Å². The van der Waals surface area contributed by atoms with Crippen molar-refractivity contribution in [3.05, 3.63) is 63.8 Å². The fraction of sp³-hybridized carbons (Fsp3) is 0.273. The maximum Gasteiger partial charge on any atom is 0.273 e. The first-order valence-electron chi connectivity index (χ1n) is 10.4. The Morgan fingerprint density at radius 3 is 2.59 bits per heavy atom. The number of nitrogen functional groups attached to an aromatic ring is 1. The Morgan fingerprint density at radius 2 is 2.00 bits per heavy atom. The number of rotatable bonds is 7. The summed E-state index contributed by atoms with van der Waals surface area (Å²) in [6, 6.07) is 5.42. The van der Waals surface area contributed by atoms with Gasteiger partial charge in [-0.15, -0.1) is 0 Å². The number of hydrogen-bond donors (Lipinski definition) is 3. The molecule has 12 heteroatoms. The molecule has 9 nitrogen and oxygen atoms in total. The molecule has 1 aliphatic rings. The molecule has 4 rings (SSSR count). The third kappa shape index (κ3) is 4.62. The van der Waals surface area contributed by atoms with E-state index in [9.17, 15) is 18.8 Å². The molecular weight excluding hydrogens is 485 g/mol. The largest absolute Gasteiger partial charge is 0.467 e. The molecule has 1 fully saturated rings. The molecule has 5 N–H and O–H groups in total. The minimum Gasteiger partial charge on any atom is -0.467 e. The van der Waals surface area contributed by atoms with Gasteiger partial charge in [-0.05, 0) is 54.7 Å². The standard InChI is InChI=1S/C22H21ClFN5O4S/c23-13-10-12(7-8-14(13)24)29(22(32)19-16(25)17(20(26)30)28-34-19)18(15-6-3-9-33-15)21(31)27-11-4-1-2-5-11/h3,6-11,18H,1-2,4-5,25H2,(H2,26,30)(H,27,31)/t18-/m0/s1. The number of hydrogen-bond acceptors (Lipinski definition) is 7. The third-order valence-electron chi connectivity index (χ3n) is 5.58. The Hall–Kier alpha value is -3.44. The summed E-state index contributed by atoms with van der Waals surface area (Å²) in [5.41, 5.74) is 10.9. The van der Waals surface area contributed by atoms with Crippen LogP contribution < -0.4 is 21.7 Å². The van der Waals surface area contributed by atoms with E-state index in [2.05, 4.69) is 9.69 Å². The van der Waals surface area contributed by atoms with Crippen molar-refractivity contribution in [1.82, 2.24) is 9.69 Å². The van der Waals surface area contributed by atoms with Crippen LogP contribution in [0.1, 0.15) is 57.6 Å². The second-order valence-electron chi connectivity index (χ2n) is 7.82. The molecule has 1 saturated carbocycles. The second kappa shape index (κ2) is 9.82. The zero-order chi connectivity index (χ0) is 24.4. The topological polar surface area (TPSA) is 145 Å². The van der Waals surface area contributed by atoms with E-state index in [1.807, 2.05) is 0 Å². The quantitative estimate of drug-likeness (QED) is 0.447. The number of aromatic nitrogens is 1. The first-order chi connectivity index (χ1) is 16.3. The van der Waals surface area contributed by atoms with Crippen LogP contribution in [-0.2, 0) is 4.79 Å². The number of furan rings is 1. The first-order valence-corrected chi connectivity index (χ1v) is 11.6. The van der Waals surface area contributed by atoms with Gasteiger partial charge in [-0.2, -0.15) is 4.37 Å². The highest BCUT2D eigenvalue weighted by molar-refractivity contribution is 7.09. The summed E-state index contributed by atoms with van der Waals surface area (Å²) in [6.45, 7) is 0. The molecule has 0 radical (unpaired) electrons. The lowest BCUT2D eigenvalue weighted by atomic mass is 10.1. The van der Waals surface area contributed by atoms with Crippen molar-refractivity contribution in [3.63, 3.8) is 0 Å². The smallest absolute Gasteiger partial charge is 0.273 e. The Morgan fingerprint density at radius 1 is 1.26 bits per heavy atom. The molecule has 0 unspecified atom stereocenters. The minimum atomic E-state index is -1.27. The molecule has 0 spiro atoms. The van der Waals surface area contributed by atoms with Crippen molar-refractivity contribution in [1.29, 1.82) is 0 Å². The highest BCUT2D eigenvalue weighted by Crippen LogP contribution is 2.35. The van der Waals surface area contributed by atoms with Crippen molar-refractivity contribution in [2.45, 2.75) is 37.8 Å². The summed E-state index contributed by atoms with van der Waals surface area (Å²) in [6.07, 6.45) is 4.98. The molecule has 2 heterocycles. The van der Waals surface area contributed by atoms with E-state index in [0.29, 0.717) is 11.5 Å². The highest BCUT2D eigenvalue weighted by Gasteiger charge is 2.38. The Bertz CT molecular complexity index is 1230. The number of nitrogens with zero attached hydrogens (tertiary/aromatic N) is 2. The van der Waals surface area contributed by atoms with Gasteiger partial charge in [0.25, 0.3) is 17.7 Å². The van der Waals surface area contributed by atoms with Crippen molar-refractivity contribution in [3.8, 4) is 0 Å². The van der Waals surface area contributed by atoms with E-state index in [0.717, 1.165) is 36.6 Å². The molecule has 3 aromatic rings. The van der Waals surface area contributed by atoms with E-state index >= 15 is 0 Å². The first kappa shape index (κ1) is 23.7. The van der Waals surface area contributed by atoms with Gasteiger partial charge >= 0.3 is 0 Å². The Labute approximate surface area is 203 Å². The number of halogens is 2. The number of carbonyl (C=O) groups is 3. The molecule has 1 aromatic carbocycles. The summed E-state index contributed by atoms with van der Waals surface area (Å²) in [4.78, 5) is 39.9. The van der Waals surface area contributed by atoms with Gasteiger partial charge in [0.15, 0.2) is 11.7 Å². The van der Waals surface area contributed by atoms with Gasteiger partial charge in [0.2, 0.25) is 0 Å². The zero-order valence-corrected chi connectivity index (χ0v) is 19.4. The number of carbonyl (C=O) groups excluding carboxylic acids is 3. The highest BCUT2D eigenvalue weighted by atomic mass is 35.5. The SMILES string of the molecule is NC(=O)c1nsc(C(=O)N(c2ccc(F)c(Cl)c2)[C@H](C(=O)NC2CCCC2)c2ccco2)c1N. The fourth-order valence-electron chi connectivity index (χ4n) is 3.93. The maximum atomic E-state index is 13.9. The molecule has 0 bridgehead atoms. The van der Waals surface area contributed by atoms with Gasteiger partial charge in [-0.3, -0.25) is 19.3 Å². The Kier molecular flexibility index (Phi) is 6.85. The van der Waals surface area contributed by atoms with Crippen LogP contribution in [0.4, 0.5) is 15.8 Å². The molecule has 0 aliphatic heterocycles. The normalized spacial score (nSPS) is 14.6. The molecular formula is C22H21ClFN5O4S. The van der Waals surface area contributed by atoms with Crippen LogP contribution >= 0.6 is 23.1 Å². The summed E-state index contributed by atoms with van der Waals surface area (Å²) >= 11 is 6.67. The Balaban J connectivity index is 1.83. The molecule has 3 amide bonds. The van der Waals surface area contributed by atoms with Crippen LogP contribution in [-0.4, -0.2) is 28.1 Å². The predicted octanol–water partition coefficient (Wildman–Crippen LogP) is 3.66. The lowest BCUT2D eigenvalue weighted by Crippen LogP contribution is -2.46. The van der Waals surface area contributed by atoms with Crippen LogP contribution in [0.5, 0.6) is 0 Å². The minimum absolute atomic E-state index is 0.0475. The van der Waals surface area contributed by atoms with Crippen LogP contribution in [0.3, 0.4) is 0 Å². The predicted molar refractivity (Wildman–Crippen MR) is 125 cm³/mol. The molecule has 34 heavy (non-hydrogen) atoms. The van der Waals surface area contributed by atoms with Gasteiger partial charge in [0, 0.05) is 11.7 Å². The summed E-state index contributed by atoms with van der Waals surface area (Å²) < 4.78 is 23.3. The number of nitrogens with one attached hydrogen (secondary N) is 1. The van der Waals surface area contributed by atoms with Crippen molar-refractivity contribution >= 4 is 52.2 Å². The van der Waals surface area contributed by atoms with E-state index in [4.69, 9.17) is 27.5 Å². The van der Waals surface area contributed by atoms with E-state index in [1.165, 1.54) is 18.4 Å². The summed E-state index contributed by atoms with van der Waals surface area (Å²) in [5.74, 6) is -2.67. The maximum absolute atomic E-state index is 13.9. The lowest BCUT2D eigenvalue weighted by molar-refractivity contribution is -0.123. The molecule has 1 atom stereocenters. The second-order valence-corrected chi connectivity index (χ2v) is 9.00. The molecule has 2 aromatic heterocycles. The van der Waals surface area contributed by atoms with Crippen LogP contribution in [0.25, 0.3) is 0 Å². The average molecular weight is 506 g/mol. The van der Waals surface area contributed by atoms with E-state index < -0.39 is 29.6 Å². The van der Waals surface area contributed by atoms with Crippen molar-refractivity contribution < 1.29 is 23.2 Å². The third-order valence-corrected chi connectivity index (χ3v) is 6.72. The lowest BCUT2D eigenvalue weighted by Gasteiger charge is -2.30. The van der Waals surface area contributed by atoms with E-state index in [1.54, 1.807) is 12.1 Å². The van der Waals surface area contributed by atoms with Crippen LogP contribution in [0, 0.1) is 5.82 Å². The number of primary amides is 1.